The standard InChI is InChI=1S/C18H25N5O/c1-14-8-11-23(12-9-14)17-13-20-22-18(21-17)19-10-7-15-3-5-16(24-2)6-4-15/h3-6,13-14H,7-12H2,1-2H3,(H,19,21,22). The van der Waals surface area contributed by atoms with Gasteiger partial charge in [0.25, 0.3) is 0 Å². The molecule has 2 heterocycles. The van der Waals surface area contributed by atoms with Gasteiger partial charge in [0.2, 0.25) is 5.95 Å². The maximum atomic E-state index is 5.17. The summed E-state index contributed by atoms with van der Waals surface area (Å²) in [6.07, 6.45) is 5.08. The molecule has 1 aromatic carbocycles. The molecule has 1 aliphatic heterocycles. The van der Waals surface area contributed by atoms with Crippen LogP contribution >= 0.6 is 0 Å². The number of hydrogen-bond donors (Lipinski definition) is 1. The zero-order valence-electron chi connectivity index (χ0n) is 14.4. The third-order valence-corrected chi connectivity index (χ3v) is 4.51. The lowest BCUT2D eigenvalue weighted by Gasteiger charge is -2.30. The van der Waals surface area contributed by atoms with Crippen LogP contribution in [0.15, 0.2) is 30.5 Å². The summed E-state index contributed by atoms with van der Waals surface area (Å²) >= 11 is 0. The Morgan fingerprint density at radius 2 is 1.96 bits per heavy atom. The van der Waals surface area contributed by atoms with Gasteiger partial charge in [-0.05, 0) is 42.9 Å². The van der Waals surface area contributed by atoms with Gasteiger partial charge in [-0.1, -0.05) is 19.1 Å². The monoisotopic (exact) mass is 327 g/mol. The highest BCUT2D eigenvalue weighted by Gasteiger charge is 2.17. The molecule has 1 aromatic heterocycles. The molecular weight excluding hydrogens is 302 g/mol. The Labute approximate surface area is 143 Å². The largest absolute Gasteiger partial charge is 0.497 e. The van der Waals surface area contributed by atoms with E-state index < -0.39 is 0 Å². The number of piperidine rings is 1. The molecule has 0 spiro atoms. The molecule has 128 valence electrons. The van der Waals surface area contributed by atoms with Crippen LogP contribution in [0.1, 0.15) is 25.3 Å². The summed E-state index contributed by atoms with van der Waals surface area (Å²) in [7, 11) is 1.68. The van der Waals surface area contributed by atoms with Gasteiger partial charge in [0.05, 0.1) is 13.3 Å². The first-order chi connectivity index (χ1) is 11.7. The average molecular weight is 327 g/mol. The maximum Gasteiger partial charge on any atom is 0.244 e. The van der Waals surface area contributed by atoms with E-state index in [1.807, 2.05) is 12.1 Å². The molecule has 0 radical (unpaired) electrons. The zero-order chi connectivity index (χ0) is 16.8. The second kappa shape index (κ2) is 7.95. The van der Waals surface area contributed by atoms with Crippen molar-refractivity contribution in [2.24, 2.45) is 5.92 Å². The number of nitrogens with one attached hydrogen (secondary N) is 1. The van der Waals surface area contributed by atoms with Gasteiger partial charge in [-0.15, -0.1) is 5.10 Å². The second-order valence-corrected chi connectivity index (χ2v) is 6.33. The van der Waals surface area contributed by atoms with Crippen molar-refractivity contribution in [3.8, 4) is 5.75 Å². The van der Waals surface area contributed by atoms with Gasteiger partial charge in [0.1, 0.15) is 5.75 Å². The van der Waals surface area contributed by atoms with Gasteiger partial charge in [-0.25, -0.2) is 0 Å². The molecule has 0 amide bonds. The van der Waals surface area contributed by atoms with E-state index >= 15 is 0 Å². The quantitative estimate of drug-likeness (QED) is 0.880. The van der Waals surface area contributed by atoms with Crippen LogP contribution in [0.4, 0.5) is 11.8 Å². The Morgan fingerprint density at radius 1 is 1.21 bits per heavy atom. The highest BCUT2D eigenvalue weighted by molar-refractivity contribution is 5.40. The molecule has 1 aliphatic rings. The Morgan fingerprint density at radius 3 is 2.67 bits per heavy atom. The van der Waals surface area contributed by atoms with E-state index in [2.05, 4.69) is 44.5 Å². The van der Waals surface area contributed by atoms with Crippen LogP contribution in [0, 0.1) is 5.92 Å². The molecule has 0 atom stereocenters. The van der Waals surface area contributed by atoms with Crippen molar-refractivity contribution in [3.63, 3.8) is 0 Å². The van der Waals surface area contributed by atoms with Crippen molar-refractivity contribution in [2.45, 2.75) is 26.2 Å². The summed E-state index contributed by atoms with van der Waals surface area (Å²) in [6.45, 7) is 5.17. The van der Waals surface area contributed by atoms with E-state index in [-0.39, 0.29) is 0 Å². The molecule has 1 saturated heterocycles. The minimum Gasteiger partial charge on any atom is -0.497 e. The molecule has 0 unspecified atom stereocenters. The fourth-order valence-electron chi connectivity index (χ4n) is 2.87. The van der Waals surface area contributed by atoms with E-state index in [4.69, 9.17) is 4.74 Å². The molecule has 0 aliphatic carbocycles. The first-order valence-corrected chi connectivity index (χ1v) is 8.56. The summed E-state index contributed by atoms with van der Waals surface area (Å²) in [5.41, 5.74) is 1.25. The molecule has 24 heavy (non-hydrogen) atoms. The molecule has 6 heteroatoms. The van der Waals surface area contributed by atoms with Gasteiger partial charge in [-0.3, -0.25) is 0 Å². The number of hydrogen-bond acceptors (Lipinski definition) is 6. The smallest absolute Gasteiger partial charge is 0.244 e. The molecule has 1 N–H and O–H groups in total. The van der Waals surface area contributed by atoms with Crippen LogP contribution in [0.2, 0.25) is 0 Å². The van der Waals surface area contributed by atoms with E-state index in [1.54, 1.807) is 13.3 Å². The van der Waals surface area contributed by atoms with E-state index in [1.165, 1.54) is 18.4 Å². The zero-order valence-corrected chi connectivity index (χ0v) is 14.4. The van der Waals surface area contributed by atoms with Gasteiger partial charge in [0.15, 0.2) is 5.82 Å². The van der Waals surface area contributed by atoms with Gasteiger partial charge < -0.3 is 15.0 Å². The summed E-state index contributed by atoms with van der Waals surface area (Å²) in [4.78, 5) is 6.90. The van der Waals surface area contributed by atoms with Crippen LogP contribution < -0.4 is 15.0 Å². The number of aromatic nitrogens is 3. The van der Waals surface area contributed by atoms with E-state index in [0.717, 1.165) is 43.5 Å². The molecule has 3 rings (SSSR count). The highest BCUT2D eigenvalue weighted by atomic mass is 16.5. The minimum absolute atomic E-state index is 0.597. The fourth-order valence-corrected chi connectivity index (χ4v) is 2.87. The fraction of sp³-hybridized carbons (Fsp3) is 0.500. The van der Waals surface area contributed by atoms with Crippen LogP contribution in [0.5, 0.6) is 5.75 Å². The number of anilines is 2. The minimum atomic E-state index is 0.597. The van der Waals surface area contributed by atoms with E-state index in [0.29, 0.717) is 5.95 Å². The van der Waals surface area contributed by atoms with Crippen molar-refractivity contribution in [1.29, 1.82) is 0 Å². The Balaban J connectivity index is 1.52. The number of rotatable bonds is 6. The number of benzene rings is 1. The van der Waals surface area contributed by atoms with Gasteiger partial charge in [0, 0.05) is 19.6 Å². The average Bonchev–Trinajstić information content (AvgIpc) is 2.63. The lowest BCUT2D eigenvalue weighted by atomic mass is 9.99. The Kier molecular flexibility index (Phi) is 5.46. The first-order valence-electron chi connectivity index (χ1n) is 8.56. The van der Waals surface area contributed by atoms with Gasteiger partial charge in [-0.2, -0.15) is 10.1 Å². The molecule has 1 fully saturated rings. The molecule has 0 saturated carbocycles. The third-order valence-electron chi connectivity index (χ3n) is 4.51. The lowest BCUT2D eigenvalue weighted by molar-refractivity contribution is 0.414. The number of methoxy groups -OCH3 is 1. The molecule has 6 nitrogen and oxygen atoms in total. The SMILES string of the molecule is COc1ccc(CCNc2nncc(N3CCC(C)CC3)n2)cc1. The van der Waals surface area contributed by atoms with Crippen LogP contribution in [-0.4, -0.2) is 41.9 Å². The number of nitrogens with zero attached hydrogens (tertiary/aromatic N) is 4. The lowest BCUT2D eigenvalue weighted by Crippen LogP contribution is -2.33. The van der Waals surface area contributed by atoms with Crippen LogP contribution in [0.3, 0.4) is 0 Å². The van der Waals surface area contributed by atoms with Crippen molar-refractivity contribution in [2.75, 3.05) is 37.0 Å². The maximum absolute atomic E-state index is 5.17. The van der Waals surface area contributed by atoms with Crippen molar-refractivity contribution in [3.05, 3.63) is 36.0 Å². The summed E-state index contributed by atoms with van der Waals surface area (Å²) < 4.78 is 5.17. The summed E-state index contributed by atoms with van der Waals surface area (Å²) in [5.74, 6) is 3.20. The first kappa shape index (κ1) is 16.5. The van der Waals surface area contributed by atoms with Crippen LogP contribution in [0.25, 0.3) is 0 Å². The van der Waals surface area contributed by atoms with Crippen LogP contribution in [-0.2, 0) is 6.42 Å². The summed E-state index contributed by atoms with van der Waals surface area (Å²) in [5, 5.41) is 11.5. The highest BCUT2D eigenvalue weighted by Crippen LogP contribution is 2.21. The predicted molar refractivity (Wildman–Crippen MR) is 95.6 cm³/mol. The number of ether oxygens (including phenoxy) is 1. The predicted octanol–water partition coefficient (Wildman–Crippen LogP) is 2.77. The Hall–Kier alpha value is -2.37. The third kappa shape index (κ3) is 4.34. The second-order valence-electron chi connectivity index (χ2n) is 6.33. The Bertz CT molecular complexity index is 638. The molecule has 0 bridgehead atoms. The normalized spacial score (nSPS) is 15.3. The van der Waals surface area contributed by atoms with Crippen molar-refractivity contribution >= 4 is 11.8 Å². The topological polar surface area (TPSA) is 63.2 Å². The van der Waals surface area contributed by atoms with Gasteiger partial charge >= 0.3 is 0 Å². The van der Waals surface area contributed by atoms with Crippen molar-refractivity contribution in [1.82, 2.24) is 15.2 Å². The molecular formula is C18H25N5O. The van der Waals surface area contributed by atoms with E-state index in [9.17, 15) is 0 Å². The summed E-state index contributed by atoms with van der Waals surface area (Å²) in [6, 6.07) is 8.10. The van der Waals surface area contributed by atoms with Crippen molar-refractivity contribution < 1.29 is 4.74 Å². The molecule has 2 aromatic rings.